The fourth-order valence-corrected chi connectivity index (χ4v) is 0.954. The fraction of sp³-hybridized carbons (Fsp3) is 0.200. The highest BCUT2D eigenvalue weighted by atomic mass is 35.5. The highest BCUT2D eigenvalue weighted by Gasteiger charge is 2.05. The number of anilines is 1. The minimum atomic E-state index is -0.478. The van der Waals surface area contributed by atoms with Crippen LogP contribution in [0.15, 0.2) is 24.3 Å². The van der Waals surface area contributed by atoms with Crippen LogP contribution >= 0.6 is 12.4 Å². The lowest BCUT2D eigenvalue weighted by atomic mass is 10.2. The maximum atomic E-state index is 11.2. The zero-order valence-corrected chi connectivity index (χ0v) is 9.00. The number of hydrogen-bond acceptors (Lipinski definition) is 4. The Bertz CT molecular complexity index is 357. The van der Waals surface area contributed by atoms with E-state index in [0.29, 0.717) is 5.56 Å². The number of nitrogens with one attached hydrogen (secondary N) is 1. The standard InChI is InChI=1S/C10H10N2O2.ClH/c1-12-9-4-2-8(3-5-9)10(13)14-7-6-11;/h2-5,12H,7H2,1H3;1H. The molecule has 1 aromatic rings. The molecular formula is C10H11ClN2O2. The van der Waals surface area contributed by atoms with Crippen LogP contribution < -0.4 is 5.32 Å². The van der Waals surface area contributed by atoms with Gasteiger partial charge in [-0.1, -0.05) is 0 Å². The van der Waals surface area contributed by atoms with Crippen LogP contribution in [0.1, 0.15) is 10.4 Å². The van der Waals surface area contributed by atoms with Gasteiger partial charge >= 0.3 is 5.97 Å². The summed E-state index contributed by atoms with van der Waals surface area (Å²) in [6, 6.07) is 8.56. The van der Waals surface area contributed by atoms with Crippen molar-refractivity contribution >= 4 is 24.1 Å². The second-order valence-corrected chi connectivity index (χ2v) is 2.56. The van der Waals surface area contributed by atoms with Crippen molar-refractivity contribution < 1.29 is 9.53 Å². The number of benzene rings is 1. The minimum absolute atomic E-state index is 0. The Morgan fingerprint density at radius 3 is 2.53 bits per heavy atom. The SMILES string of the molecule is CNc1ccc(C(=O)OCC#N)cc1.Cl. The molecule has 15 heavy (non-hydrogen) atoms. The minimum Gasteiger partial charge on any atom is -0.447 e. The molecule has 1 aromatic carbocycles. The Labute approximate surface area is 94.3 Å². The van der Waals surface area contributed by atoms with Crippen molar-refractivity contribution in [1.29, 1.82) is 5.26 Å². The third kappa shape index (κ3) is 3.88. The van der Waals surface area contributed by atoms with Gasteiger partial charge in [-0.3, -0.25) is 0 Å². The molecule has 0 bridgehead atoms. The molecule has 0 aromatic heterocycles. The van der Waals surface area contributed by atoms with Crippen LogP contribution in [0.25, 0.3) is 0 Å². The van der Waals surface area contributed by atoms with Crippen molar-refractivity contribution in [3.05, 3.63) is 29.8 Å². The van der Waals surface area contributed by atoms with Crippen LogP contribution in [-0.2, 0) is 4.74 Å². The van der Waals surface area contributed by atoms with Gasteiger partial charge < -0.3 is 10.1 Å². The summed E-state index contributed by atoms with van der Waals surface area (Å²) in [6.45, 7) is -0.216. The molecular weight excluding hydrogens is 216 g/mol. The van der Waals surface area contributed by atoms with E-state index in [1.54, 1.807) is 37.4 Å². The molecule has 80 valence electrons. The summed E-state index contributed by atoms with van der Waals surface area (Å²) >= 11 is 0. The summed E-state index contributed by atoms with van der Waals surface area (Å²) < 4.78 is 4.63. The van der Waals surface area contributed by atoms with Gasteiger partial charge in [-0.25, -0.2) is 4.79 Å². The summed E-state index contributed by atoms with van der Waals surface area (Å²) in [6.07, 6.45) is 0. The van der Waals surface area contributed by atoms with Gasteiger partial charge in [0, 0.05) is 12.7 Å². The first kappa shape index (κ1) is 13.3. The van der Waals surface area contributed by atoms with E-state index in [1.807, 2.05) is 0 Å². The average molecular weight is 227 g/mol. The van der Waals surface area contributed by atoms with Crippen molar-refractivity contribution in [2.24, 2.45) is 0 Å². The van der Waals surface area contributed by atoms with E-state index < -0.39 is 5.97 Å². The molecule has 1 N–H and O–H groups in total. The number of esters is 1. The monoisotopic (exact) mass is 226 g/mol. The van der Waals surface area contributed by atoms with E-state index in [9.17, 15) is 4.79 Å². The maximum Gasteiger partial charge on any atom is 0.339 e. The van der Waals surface area contributed by atoms with E-state index in [2.05, 4.69) is 10.1 Å². The van der Waals surface area contributed by atoms with Crippen molar-refractivity contribution in [3.63, 3.8) is 0 Å². The quantitative estimate of drug-likeness (QED) is 0.799. The Morgan fingerprint density at radius 1 is 1.47 bits per heavy atom. The summed E-state index contributed by atoms with van der Waals surface area (Å²) in [4.78, 5) is 11.2. The first-order valence-corrected chi connectivity index (χ1v) is 4.10. The molecule has 0 aliphatic heterocycles. The second kappa shape index (κ2) is 6.68. The summed E-state index contributed by atoms with van der Waals surface area (Å²) in [5.74, 6) is -0.478. The van der Waals surface area contributed by atoms with E-state index in [1.165, 1.54) is 0 Å². The molecule has 4 nitrogen and oxygen atoms in total. The Morgan fingerprint density at radius 2 is 2.07 bits per heavy atom. The zero-order valence-electron chi connectivity index (χ0n) is 8.19. The summed E-state index contributed by atoms with van der Waals surface area (Å²) in [5, 5.41) is 11.1. The number of carbonyl (C=O) groups is 1. The van der Waals surface area contributed by atoms with Crippen molar-refractivity contribution in [2.45, 2.75) is 0 Å². The lowest BCUT2D eigenvalue weighted by Gasteiger charge is -2.02. The first-order valence-electron chi connectivity index (χ1n) is 4.10. The predicted molar refractivity (Wildman–Crippen MR) is 59.1 cm³/mol. The lowest BCUT2D eigenvalue weighted by Crippen LogP contribution is -2.05. The maximum absolute atomic E-state index is 11.2. The van der Waals surface area contributed by atoms with Crippen molar-refractivity contribution in [3.8, 4) is 6.07 Å². The van der Waals surface area contributed by atoms with Gasteiger partial charge in [-0.05, 0) is 24.3 Å². The average Bonchev–Trinajstić information content (AvgIpc) is 2.26. The molecule has 0 aliphatic carbocycles. The van der Waals surface area contributed by atoms with Gasteiger partial charge in [0.1, 0.15) is 6.07 Å². The molecule has 0 fully saturated rings. The molecule has 0 unspecified atom stereocenters. The Balaban J connectivity index is 0.00000196. The zero-order chi connectivity index (χ0) is 10.4. The molecule has 0 saturated carbocycles. The largest absolute Gasteiger partial charge is 0.447 e. The van der Waals surface area contributed by atoms with Crippen LogP contribution in [0.3, 0.4) is 0 Å². The smallest absolute Gasteiger partial charge is 0.339 e. The van der Waals surface area contributed by atoms with E-state index in [0.717, 1.165) is 5.69 Å². The van der Waals surface area contributed by atoms with Crippen LogP contribution in [-0.4, -0.2) is 19.6 Å². The number of halogens is 1. The number of carbonyl (C=O) groups excluding carboxylic acids is 1. The summed E-state index contributed by atoms with van der Waals surface area (Å²) in [5.41, 5.74) is 1.36. The van der Waals surface area contributed by atoms with E-state index >= 15 is 0 Å². The third-order valence-corrected chi connectivity index (χ3v) is 1.68. The lowest BCUT2D eigenvalue weighted by molar-refractivity contribution is 0.0555. The highest BCUT2D eigenvalue weighted by Crippen LogP contribution is 2.09. The van der Waals surface area contributed by atoms with Crippen LogP contribution in [0.5, 0.6) is 0 Å². The van der Waals surface area contributed by atoms with Crippen LogP contribution in [0, 0.1) is 11.3 Å². The number of hydrogen-bond donors (Lipinski definition) is 1. The molecule has 0 saturated heterocycles. The number of nitriles is 1. The van der Waals surface area contributed by atoms with E-state index in [-0.39, 0.29) is 19.0 Å². The van der Waals surface area contributed by atoms with Gasteiger partial charge in [0.25, 0.3) is 0 Å². The number of ether oxygens (including phenoxy) is 1. The fourth-order valence-electron chi connectivity index (χ4n) is 0.954. The molecule has 0 atom stereocenters. The molecule has 0 amide bonds. The third-order valence-electron chi connectivity index (χ3n) is 1.68. The molecule has 5 heteroatoms. The molecule has 0 spiro atoms. The number of rotatable bonds is 3. The van der Waals surface area contributed by atoms with E-state index in [4.69, 9.17) is 5.26 Å². The van der Waals surface area contributed by atoms with Gasteiger partial charge in [0.05, 0.1) is 5.56 Å². The van der Waals surface area contributed by atoms with Crippen molar-refractivity contribution in [1.82, 2.24) is 0 Å². The Hall–Kier alpha value is -1.73. The van der Waals surface area contributed by atoms with Gasteiger partial charge in [0.2, 0.25) is 0 Å². The summed E-state index contributed by atoms with van der Waals surface area (Å²) in [7, 11) is 1.79. The molecule has 0 aliphatic rings. The Kier molecular flexibility index (Phi) is 5.91. The predicted octanol–water partition coefficient (Wildman–Crippen LogP) is 1.83. The van der Waals surface area contributed by atoms with Gasteiger partial charge in [0.15, 0.2) is 6.61 Å². The first-order chi connectivity index (χ1) is 6.77. The molecule has 0 heterocycles. The second-order valence-electron chi connectivity index (χ2n) is 2.56. The number of nitrogens with zero attached hydrogens (tertiary/aromatic N) is 1. The van der Waals surface area contributed by atoms with Crippen molar-refractivity contribution in [2.75, 3.05) is 19.0 Å². The van der Waals surface area contributed by atoms with Crippen LogP contribution in [0.2, 0.25) is 0 Å². The molecule has 1 rings (SSSR count). The van der Waals surface area contributed by atoms with Gasteiger partial charge in [-0.15, -0.1) is 12.4 Å². The van der Waals surface area contributed by atoms with Crippen LogP contribution in [0.4, 0.5) is 5.69 Å². The van der Waals surface area contributed by atoms with Gasteiger partial charge in [-0.2, -0.15) is 5.26 Å². The molecule has 0 radical (unpaired) electrons. The normalized spacial score (nSPS) is 8.27. The highest BCUT2D eigenvalue weighted by molar-refractivity contribution is 5.89. The topological polar surface area (TPSA) is 62.1 Å².